The van der Waals surface area contributed by atoms with Gasteiger partial charge in [0, 0.05) is 43.3 Å². The summed E-state index contributed by atoms with van der Waals surface area (Å²) >= 11 is 0. The van der Waals surface area contributed by atoms with E-state index in [2.05, 4.69) is 0 Å². The number of likely N-dealkylation sites (tertiary alicyclic amines) is 1. The molecule has 0 unspecified atom stereocenters. The first-order chi connectivity index (χ1) is 12.8. The Morgan fingerprint density at radius 2 is 1.63 bits per heavy atom. The molecule has 27 heavy (non-hydrogen) atoms. The molecule has 1 aliphatic rings. The molecule has 0 spiro atoms. The average molecular weight is 379 g/mol. The first-order valence-corrected chi connectivity index (χ1v) is 8.72. The lowest BCUT2D eigenvalue weighted by Crippen LogP contribution is -2.44. The van der Waals surface area contributed by atoms with Crippen LogP contribution in [0.5, 0.6) is 0 Å². The molecule has 0 atom stereocenters. The van der Waals surface area contributed by atoms with Gasteiger partial charge in [-0.1, -0.05) is 0 Å². The predicted molar refractivity (Wildman–Crippen MR) is 93.5 cm³/mol. The fourth-order valence-electron chi connectivity index (χ4n) is 3.14. The zero-order valence-electron chi connectivity index (χ0n) is 14.6. The van der Waals surface area contributed by atoms with E-state index in [4.69, 9.17) is 0 Å². The first-order valence-electron chi connectivity index (χ1n) is 8.72. The van der Waals surface area contributed by atoms with Gasteiger partial charge in [-0.3, -0.25) is 9.59 Å². The minimum Gasteiger partial charge on any atom is -0.348 e. The molecule has 1 saturated heterocycles. The molecule has 1 aromatic heterocycles. The van der Waals surface area contributed by atoms with E-state index in [1.54, 1.807) is 17.0 Å². The van der Waals surface area contributed by atoms with Gasteiger partial charge in [0.05, 0.1) is 0 Å². The van der Waals surface area contributed by atoms with Gasteiger partial charge in [-0.2, -0.15) is 13.2 Å². The van der Waals surface area contributed by atoms with Crippen molar-refractivity contribution in [2.75, 3.05) is 19.6 Å². The molecule has 144 valence electrons. The molecular weight excluding hydrogens is 359 g/mol. The monoisotopic (exact) mass is 379 g/mol. The number of carbonyl (C=O) groups is 2. The Bertz CT molecular complexity index is 778. The molecule has 2 amide bonds. The molecule has 1 fully saturated rings. The van der Waals surface area contributed by atoms with E-state index in [1.165, 1.54) is 0 Å². The highest BCUT2D eigenvalue weighted by atomic mass is 19.4. The largest absolute Gasteiger partial charge is 0.471 e. The van der Waals surface area contributed by atoms with Crippen molar-refractivity contribution >= 4 is 11.8 Å². The Morgan fingerprint density at radius 3 is 2.19 bits per heavy atom. The number of benzene rings is 1. The number of hydrogen-bond acceptors (Lipinski definition) is 2. The minimum atomic E-state index is -4.86. The maximum absolute atomic E-state index is 12.6. The first kappa shape index (κ1) is 19.0. The standard InChI is InChI=1S/C19H20F3N3O2/c20-19(21,22)18(27)23-13-14-7-11-25(12-8-14)17(26)15-3-5-16(6-4-15)24-9-1-2-10-24/h1-6,9-10,14H,7-8,11-13H2,(H,23,27). The van der Waals surface area contributed by atoms with Gasteiger partial charge in [0.25, 0.3) is 5.91 Å². The number of piperidine rings is 1. The summed E-state index contributed by atoms with van der Waals surface area (Å²) in [5.41, 5.74) is 1.53. The van der Waals surface area contributed by atoms with Crippen molar-refractivity contribution < 1.29 is 22.8 Å². The Labute approximate surface area is 154 Å². The third-order valence-electron chi connectivity index (χ3n) is 4.73. The number of alkyl halides is 3. The van der Waals surface area contributed by atoms with Crippen molar-refractivity contribution in [1.82, 2.24) is 14.8 Å². The maximum atomic E-state index is 12.6. The molecule has 8 heteroatoms. The highest BCUT2D eigenvalue weighted by Crippen LogP contribution is 2.20. The summed E-state index contributed by atoms with van der Waals surface area (Å²) in [5, 5.41) is 1.92. The van der Waals surface area contributed by atoms with Crippen LogP contribution in [0.15, 0.2) is 48.8 Å². The summed E-state index contributed by atoms with van der Waals surface area (Å²) in [6, 6.07) is 11.1. The minimum absolute atomic E-state index is 0.0219. The quantitative estimate of drug-likeness (QED) is 0.888. The van der Waals surface area contributed by atoms with Gasteiger partial charge in [0.15, 0.2) is 0 Å². The van der Waals surface area contributed by atoms with Gasteiger partial charge >= 0.3 is 12.1 Å². The normalized spacial score (nSPS) is 15.6. The van der Waals surface area contributed by atoms with Crippen LogP contribution in [0.25, 0.3) is 5.69 Å². The van der Waals surface area contributed by atoms with Crippen LogP contribution in [0.4, 0.5) is 13.2 Å². The van der Waals surface area contributed by atoms with Crippen LogP contribution in [0.1, 0.15) is 23.2 Å². The zero-order valence-corrected chi connectivity index (χ0v) is 14.6. The molecule has 2 heterocycles. The van der Waals surface area contributed by atoms with E-state index >= 15 is 0 Å². The van der Waals surface area contributed by atoms with Crippen molar-refractivity contribution in [2.24, 2.45) is 5.92 Å². The van der Waals surface area contributed by atoms with Gasteiger partial charge in [0.2, 0.25) is 0 Å². The maximum Gasteiger partial charge on any atom is 0.471 e. The van der Waals surface area contributed by atoms with Gasteiger partial charge in [-0.25, -0.2) is 0 Å². The molecular formula is C19H20F3N3O2. The number of halogens is 3. The van der Waals surface area contributed by atoms with Crippen molar-refractivity contribution in [3.8, 4) is 5.69 Å². The van der Waals surface area contributed by atoms with Gasteiger partial charge in [-0.05, 0) is 55.2 Å². The summed E-state index contributed by atoms with van der Waals surface area (Å²) < 4.78 is 38.6. The number of hydrogen-bond donors (Lipinski definition) is 1. The molecule has 3 rings (SSSR count). The summed E-state index contributed by atoms with van der Waals surface area (Å²) in [4.78, 5) is 25.2. The van der Waals surface area contributed by atoms with Crippen molar-refractivity contribution in [3.05, 3.63) is 54.4 Å². The van der Waals surface area contributed by atoms with E-state index in [0.717, 1.165) is 5.69 Å². The van der Waals surface area contributed by atoms with E-state index < -0.39 is 12.1 Å². The van der Waals surface area contributed by atoms with Crippen LogP contribution in [0, 0.1) is 5.92 Å². The number of nitrogens with zero attached hydrogens (tertiary/aromatic N) is 2. The van der Waals surface area contributed by atoms with Crippen LogP contribution in [-0.4, -0.2) is 47.1 Å². The van der Waals surface area contributed by atoms with Crippen LogP contribution in [0.3, 0.4) is 0 Å². The fraction of sp³-hybridized carbons (Fsp3) is 0.368. The van der Waals surface area contributed by atoms with Crippen molar-refractivity contribution in [2.45, 2.75) is 19.0 Å². The Kier molecular flexibility index (Phi) is 5.53. The van der Waals surface area contributed by atoms with E-state index in [1.807, 2.05) is 46.5 Å². The van der Waals surface area contributed by atoms with Crippen molar-refractivity contribution in [3.63, 3.8) is 0 Å². The van der Waals surface area contributed by atoms with E-state index in [0.29, 0.717) is 31.5 Å². The molecule has 0 bridgehead atoms. The predicted octanol–water partition coefficient (Wildman–Crippen LogP) is 3.01. The highest BCUT2D eigenvalue weighted by Gasteiger charge is 2.38. The Hall–Kier alpha value is -2.77. The summed E-state index contributed by atoms with van der Waals surface area (Å²) in [6.45, 7) is 0.904. The summed E-state index contributed by atoms with van der Waals surface area (Å²) in [7, 11) is 0. The number of aromatic nitrogens is 1. The second kappa shape index (κ2) is 7.85. The van der Waals surface area contributed by atoms with Crippen LogP contribution in [-0.2, 0) is 4.79 Å². The molecule has 1 aromatic carbocycles. The third-order valence-corrected chi connectivity index (χ3v) is 4.73. The van der Waals surface area contributed by atoms with E-state index in [9.17, 15) is 22.8 Å². The Morgan fingerprint density at radius 1 is 1.04 bits per heavy atom. The summed E-state index contributed by atoms with van der Waals surface area (Å²) in [6.07, 6.45) is 0.0957. The number of amides is 2. The van der Waals surface area contributed by atoms with Gasteiger partial charge in [0.1, 0.15) is 0 Å². The molecule has 5 nitrogen and oxygen atoms in total. The molecule has 1 N–H and O–H groups in total. The zero-order chi connectivity index (χ0) is 19.4. The average Bonchev–Trinajstić information content (AvgIpc) is 3.20. The lowest BCUT2D eigenvalue weighted by Gasteiger charge is -2.32. The number of carbonyl (C=O) groups excluding carboxylic acids is 2. The summed E-state index contributed by atoms with van der Waals surface area (Å²) in [5.74, 6) is -2.06. The topological polar surface area (TPSA) is 54.3 Å². The molecule has 0 saturated carbocycles. The van der Waals surface area contributed by atoms with Gasteiger partial charge < -0.3 is 14.8 Å². The highest BCUT2D eigenvalue weighted by molar-refractivity contribution is 5.94. The van der Waals surface area contributed by atoms with Crippen molar-refractivity contribution in [1.29, 1.82) is 0 Å². The second-order valence-electron chi connectivity index (χ2n) is 6.58. The van der Waals surface area contributed by atoms with E-state index in [-0.39, 0.29) is 18.4 Å². The molecule has 1 aliphatic heterocycles. The lowest BCUT2D eigenvalue weighted by atomic mass is 9.96. The smallest absolute Gasteiger partial charge is 0.348 e. The fourth-order valence-corrected chi connectivity index (χ4v) is 3.14. The van der Waals surface area contributed by atoms with Crippen LogP contribution >= 0.6 is 0 Å². The SMILES string of the molecule is O=C(c1ccc(-n2cccc2)cc1)N1CCC(CNC(=O)C(F)(F)F)CC1. The number of nitrogens with one attached hydrogen (secondary N) is 1. The molecule has 2 aromatic rings. The van der Waals surface area contributed by atoms with Gasteiger partial charge in [-0.15, -0.1) is 0 Å². The lowest BCUT2D eigenvalue weighted by molar-refractivity contribution is -0.173. The number of rotatable bonds is 4. The molecule has 0 radical (unpaired) electrons. The van der Waals surface area contributed by atoms with Crippen LogP contribution < -0.4 is 5.32 Å². The molecule has 0 aliphatic carbocycles. The van der Waals surface area contributed by atoms with Crippen LogP contribution in [0.2, 0.25) is 0 Å². The Balaban J connectivity index is 1.50. The second-order valence-corrected chi connectivity index (χ2v) is 6.58. The third kappa shape index (κ3) is 4.69.